The molecule has 1 aromatic heterocycles. The number of rotatable bonds is 15. The second-order valence-corrected chi connectivity index (χ2v) is 16.2. The fraction of sp³-hybridized carbons (Fsp3) is 0.378. The lowest BCUT2D eigenvalue weighted by atomic mass is 9.84. The summed E-state index contributed by atoms with van der Waals surface area (Å²) in [4.78, 5) is 48.9. The maximum atomic E-state index is 12.7. The van der Waals surface area contributed by atoms with E-state index in [4.69, 9.17) is 45.4 Å². The van der Waals surface area contributed by atoms with Gasteiger partial charge in [0.1, 0.15) is 18.8 Å². The molecule has 17 heteroatoms. The number of hydrogen-bond donors (Lipinski definition) is 2. The Morgan fingerprint density at radius 1 is 0.726 bits per heavy atom. The molecule has 4 aromatic rings. The quantitative estimate of drug-likeness (QED) is 0.0363. The molecule has 0 aliphatic carbocycles. The number of anilines is 1. The average molecular weight is 889 g/mol. The number of aliphatic hydroxyl groups is 1. The molecule has 15 nitrogen and oxygen atoms in total. The normalized spacial score (nSPS) is 24.6. The third-order valence-electron chi connectivity index (χ3n) is 10.1. The van der Waals surface area contributed by atoms with E-state index in [1.165, 1.54) is 31.8 Å². The Morgan fingerprint density at radius 3 is 2.02 bits per heavy atom. The van der Waals surface area contributed by atoms with Gasteiger partial charge in [0.15, 0.2) is 30.8 Å². The topological polar surface area (TPSA) is 192 Å². The highest BCUT2D eigenvalue weighted by Gasteiger charge is 2.52. The number of carbonyl (C=O) groups is 4. The number of aliphatic hydroxyl groups excluding tert-OH is 1. The van der Waals surface area contributed by atoms with Gasteiger partial charge in [-0.3, -0.25) is 19.2 Å². The van der Waals surface area contributed by atoms with Gasteiger partial charge in [-0.1, -0.05) is 90.7 Å². The molecule has 9 atom stereocenters. The number of benzene rings is 3. The number of hydrogen-bond acceptors (Lipinski definition) is 15. The Balaban J connectivity index is 1.28. The molecule has 0 radical (unpaired) electrons. The predicted octanol–water partition coefficient (Wildman–Crippen LogP) is 5.80. The van der Waals surface area contributed by atoms with Crippen LogP contribution in [0.2, 0.25) is 0 Å². The number of esters is 4. The van der Waals surface area contributed by atoms with E-state index in [9.17, 15) is 29.5 Å². The van der Waals surface area contributed by atoms with Gasteiger partial charge in [-0.25, -0.2) is 0 Å². The summed E-state index contributed by atoms with van der Waals surface area (Å²) in [5.41, 5.74) is 3.82. The minimum Gasteiger partial charge on any atom is -0.618 e. The number of nitrogens with zero attached hydrogens (tertiary/aromatic N) is 1. The van der Waals surface area contributed by atoms with Gasteiger partial charge >= 0.3 is 23.9 Å². The smallest absolute Gasteiger partial charge is 0.303 e. The summed E-state index contributed by atoms with van der Waals surface area (Å²) in [6.07, 6.45) is -6.52. The van der Waals surface area contributed by atoms with E-state index in [1.807, 2.05) is 78.9 Å². The Kier molecular flexibility index (Phi) is 16.0. The summed E-state index contributed by atoms with van der Waals surface area (Å²) in [5, 5.41) is 26.2. The molecule has 3 heterocycles. The lowest BCUT2D eigenvalue weighted by Gasteiger charge is -2.44. The first-order valence-electron chi connectivity index (χ1n) is 19.9. The molecular weight excluding hydrogens is 841 g/mol. The van der Waals surface area contributed by atoms with E-state index in [0.29, 0.717) is 22.0 Å². The van der Waals surface area contributed by atoms with Crippen LogP contribution in [0, 0.1) is 5.21 Å². The maximum Gasteiger partial charge on any atom is 0.303 e. The van der Waals surface area contributed by atoms with E-state index in [-0.39, 0.29) is 30.5 Å². The van der Waals surface area contributed by atoms with Crippen LogP contribution < -0.4 is 10.0 Å². The van der Waals surface area contributed by atoms with Crippen LogP contribution in [-0.2, 0) is 58.9 Å². The van der Waals surface area contributed by atoms with Gasteiger partial charge in [0.25, 0.3) is 5.03 Å². The summed E-state index contributed by atoms with van der Waals surface area (Å²) in [6, 6.07) is 30.0. The zero-order valence-corrected chi connectivity index (χ0v) is 36.1. The number of ether oxygens (including phenoxy) is 7. The molecule has 328 valence electrons. The van der Waals surface area contributed by atoms with Crippen LogP contribution in [-0.4, -0.2) is 83.0 Å². The zero-order valence-electron chi connectivity index (χ0n) is 34.4. The number of pyridine rings is 1. The third kappa shape index (κ3) is 12.1. The minimum atomic E-state index is -1.33. The highest BCUT2D eigenvalue weighted by molar-refractivity contribution is 7.99. The van der Waals surface area contributed by atoms with Gasteiger partial charge in [-0.05, 0) is 34.9 Å². The maximum absolute atomic E-state index is 12.7. The van der Waals surface area contributed by atoms with Crippen LogP contribution >= 0.6 is 24.0 Å². The monoisotopic (exact) mass is 888 g/mol. The molecule has 6 rings (SSSR count). The van der Waals surface area contributed by atoms with E-state index in [1.54, 1.807) is 18.2 Å². The average Bonchev–Trinajstić information content (AvgIpc) is 3.24. The minimum absolute atomic E-state index is 0.0712. The predicted molar refractivity (Wildman–Crippen MR) is 228 cm³/mol. The molecule has 9 unspecified atom stereocenters. The summed E-state index contributed by atoms with van der Waals surface area (Å²) in [6.45, 7) is 4.21. The van der Waals surface area contributed by atoms with Crippen LogP contribution in [0.3, 0.4) is 0 Å². The molecule has 0 amide bonds. The third-order valence-corrected chi connectivity index (χ3v) is 11.4. The van der Waals surface area contributed by atoms with Gasteiger partial charge in [0, 0.05) is 69.2 Å². The molecular formula is C45H48N2O13S2. The lowest BCUT2D eigenvalue weighted by Crippen LogP contribution is -2.62. The Bertz CT molecular complexity index is 2190. The lowest BCUT2D eigenvalue weighted by molar-refractivity contribution is -0.645. The van der Waals surface area contributed by atoms with Crippen molar-refractivity contribution >= 4 is 58.5 Å². The number of thiocarbonyl (C=S) groups is 1. The van der Waals surface area contributed by atoms with Crippen molar-refractivity contribution in [3.05, 3.63) is 131 Å². The molecule has 2 aliphatic heterocycles. The van der Waals surface area contributed by atoms with Gasteiger partial charge < -0.3 is 48.8 Å². The summed E-state index contributed by atoms with van der Waals surface area (Å²) >= 11 is 7.20. The van der Waals surface area contributed by atoms with Crippen molar-refractivity contribution in [2.45, 2.75) is 101 Å². The second-order valence-electron chi connectivity index (χ2n) is 14.7. The number of nitrogens with one attached hydrogen (secondary N) is 1. The Labute approximate surface area is 368 Å². The van der Waals surface area contributed by atoms with E-state index in [2.05, 4.69) is 5.32 Å². The standard InChI is InChI=1S/C45H48N2O13S2/c1-26(49)54-24-36-43(56-28(3)51)44(57-29(4)52)42(55-27(2)50)35(58-36)22-38(61)46-34-14-10-13-33(21-34)45-59-37(25-62-39-15-8-9-20-47(39)53)40(31-11-6-5-7-12-31)41(60-45)32-18-16-30(23-48)17-19-32/h5-21,35-37,40-45,48H,22-25H2,1-4H3,(H,46,61). The first kappa shape index (κ1) is 46.1. The molecule has 2 fully saturated rings. The highest BCUT2D eigenvalue weighted by Crippen LogP contribution is 2.48. The van der Waals surface area contributed by atoms with Crippen LogP contribution in [0.25, 0.3) is 0 Å². The SMILES string of the molecule is CC(=O)OCC1OC(CC(=S)Nc2cccc(C3OC(CSc4cccc[n+]4[O-])C(c4ccccc4)C(c4ccc(CO)cc4)O3)c2)C(OC(C)=O)C(OC(C)=O)C1OC(C)=O. The van der Waals surface area contributed by atoms with Crippen molar-refractivity contribution in [3.63, 3.8) is 0 Å². The Morgan fingerprint density at radius 2 is 1.37 bits per heavy atom. The molecule has 62 heavy (non-hydrogen) atoms. The fourth-order valence-electron chi connectivity index (χ4n) is 7.48. The van der Waals surface area contributed by atoms with Crippen molar-refractivity contribution in [2.75, 3.05) is 17.7 Å². The summed E-state index contributed by atoms with van der Waals surface area (Å²) in [7, 11) is 0. The van der Waals surface area contributed by atoms with Crippen molar-refractivity contribution in [2.24, 2.45) is 0 Å². The molecule has 2 saturated heterocycles. The molecule has 0 spiro atoms. The molecule has 2 N–H and O–H groups in total. The zero-order chi connectivity index (χ0) is 44.3. The van der Waals surface area contributed by atoms with Crippen LogP contribution in [0.5, 0.6) is 0 Å². The van der Waals surface area contributed by atoms with E-state index in [0.717, 1.165) is 35.3 Å². The summed E-state index contributed by atoms with van der Waals surface area (Å²) < 4.78 is 42.7. The van der Waals surface area contributed by atoms with Crippen LogP contribution in [0.1, 0.15) is 74.7 Å². The second kappa shape index (κ2) is 21.6. The number of aromatic nitrogens is 1. The van der Waals surface area contributed by atoms with Crippen LogP contribution in [0.15, 0.2) is 108 Å². The van der Waals surface area contributed by atoms with Gasteiger partial charge in [-0.2, -0.15) is 4.73 Å². The van der Waals surface area contributed by atoms with Crippen LogP contribution in [0.4, 0.5) is 5.69 Å². The summed E-state index contributed by atoms with van der Waals surface area (Å²) in [5.74, 6) is -2.70. The molecule has 0 bridgehead atoms. The largest absolute Gasteiger partial charge is 0.618 e. The van der Waals surface area contributed by atoms with Crippen molar-refractivity contribution < 1.29 is 62.2 Å². The first-order chi connectivity index (χ1) is 29.8. The van der Waals surface area contributed by atoms with Gasteiger partial charge in [0.2, 0.25) is 0 Å². The molecule has 3 aromatic carbocycles. The van der Waals surface area contributed by atoms with Gasteiger partial charge in [-0.15, -0.1) is 0 Å². The molecule has 0 saturated carbocycles. The van der Waals surface area contributed by atoms with Gasteiger partial charge in [0.05, 0.1) is 23.8 Å². The van der Waals surface area contributed by atoms with Crippen molar-refractivity contribution in [1.29, 1.82) is 0 Å². The van der Waals surface area contributed by atoms with E-state index < -0.39 is 72.9 Å². The number of thioether (sulfide) groups is 1. The number of carbonyl (C=O) groups excluding carboxylic acids is 4. The first-order valence-corrected chi connectivity index (χ1v) is 21.3. The highest BCUT2D eigenvalue weighted by atomic mass is 32.2. The molecule has 2 aliphatic rings. The Hall–Kier alpha value is -5.43. The van der Waals surface area contributed by atoms with E-state index >= 15 is 0 Å². The fourth-order valence-corrected chi connectivity index (χ4v) is 8.75. The van der Waals surface area contributed by atoms with Crippen molar-refractivity contribution in [1.82, 2.24) is 0 Å². The van der Waals surface area contributed by atoms with Crippen molar-refractivity contribution in [3.8, 4) is 0 Å².